The van der Waals surface area contributed by atoms with Gasteiger partial charge in [-0.3, -0.25) is 14.6 Å². The number of aryl methyl sites for hydroxylation is 1. The van der Waals surface area contributed by atoms with Crippen LogP contribution in [-0.2, 0) is 16.1 Å². The second kappa shape index (κ2) is 9.78. The van der Waals surface area contributed by atoms with Gasteiger partial charge in [0.25, 0.3) is 0 Å². The smallest absolute Gasteiger partial charge is 0.328 e. The van der Waals surface area contributed by atoms with Crippen LogP contribution in [0.15, 0.2) is 55.1 Å². The minimum absolute atomic E-state index is 0.558. The monoisotopic (exact) mass is 369 g/mol. The predicted octanol–water partition coefficient (Wildman–Crippen LogP) is 1.55. The first-order valence-electron chi connectivity index (χ1n) is 8.08. The maximum absolute atomic E-state index is 9.55. The Balaban J connectivity index is 0.000000279. The first kappa shape index (κ1) is 19.7. The van der Waals surface area contributed by atoms with Crippen molar-refractivity contribution in [3.8, 4) is 11.3 Å². The summed E-state index contributed by atoms with van der Waals surface area (Å²) in [4.78, 5) is 27.3. The summed E-state index contributed by atoms with van der Waals surface area (Å²) in [6.45, 7) is 1.49. The number of carbonyl (C=O) groups is 2. The Labute approximate surface area is 154 Å². The van der Waals surface area contributed by atoms with Gasteiger partial charge < -0.3 is 15.9 Å². The Hall–Kier alpha value is -3.59. The zero-order valence-corrected chi connectivity index (χ0v) is 14.4. The topological polar surface area (TPSA) is 144 Å². The highest BCUT2D eigenvalue weighted by Crippen LogP contribution is 2.26. The molecule has 0 spiro atoms. The number of hydrogen-bond acceptors (Lipinski definition) is 6. The largest absolute Gasteiger partial charge is 0.478 e. The number of nitrogens with two attached hydrogens (primary N) is 1. The van der Waals surface area contributed by atoms with Crippen LogP contribution in [0.5, 0.6) is 0 Å². The van der Waals surface area contributed by atoms with E-state index in [1.807, 2.05) is 29.1 Å². The maximum Gasteiger partial charge on any atom is 0.328 e. The van der Waals surface area contributed by atoms with Gasteiger partial charge in [0.05, 0.1) is 5.52 Å². The molecule has 0 radical (unpaired) electrons. The summed E-state index contributed by atoms with van der Waals surface area (Å²) >= 11 is 0. The van der Waals surface area contributed by atoms with Gasteiger partial charge in [-0.15, -0.1) is 0 Å². The molecule has 3 aromatic rings. The number of rotatable bonds is 6. The van der Waals surface area contributed by atoms with Crippen molar-refractivity contribution in [2.24, 2.45) is 5.73 Å². The standard InChI is InChI=1S/C14H15N5.C4H4O4/c15-5-1-9-19-13-4-8-17-10-12(13)14(18-19)11-2-6-16-7-3-11;5-3(6)1-2-4(7)8/h2-4,6-8,10H,1,5,9,15H2;1-2H,(H,5,6)(H,7,8). The molecule has 4 N–H and O–H groups in total. The first-order chi connectivity index (χ1) is 13.0. The fourth-order valence-corrected chi connectivity index (χ4v) is 2.30. The summed E-state index contributed by atoms with van der Waals surface area (Å²) in [5, 5.41) is 21.4. The van der Waals surface area contributed by atoms with E-state index < -0.39 is 11.9 Å². The molecule has 0 unspecified atom stereocenters. The fraction of sp³-hybridized carbons (Fsp3) is 0.167. The Morgan fingerprint density at radius 2 is 1.67 bits per heavy atom. The average molecular weight is 369 g/mol. The van der Waals surface area contributed by atoms with Gasteiger partial charge in [-0.25, -0.2) is 9.59 Å². The molecule has 0 bridgehead atoms. The van der Waals surface area contributed by atoms with Crippen LogP contribution in [0.2, 0.25) is 0 Å². The summed E-state index contributed by atoms with van der Waals surface area (Å²) in [6.07, 6.45) is 9.22. The van der Waals surface area contributed by atoms with Crippen molar-refractivity contribution in [2.45, 2.75) is 13.0 Å². The van der Waals surface area contributed by atoms with Crippen LogP contribution in [0, 0.1) is 0 Å². The van der Waals surface area contributed by atoms with E-state index >= 15 is 0 Å². The fourth-order valence-electron chi connectivity index (χ4n) is 2.30. The first-order valence-corrected chi connectivity index (χ1v) is 8.08. The van der Waals surface area contributed by atoms with E-state index in [1.54, 1.807) is 18.6 Å². The van der Waals surface area contributed by atoms with E-state index in [2.05, 4.69) is 9.97 Å². The van der Waals surface area contributed by atoms with Crippen LogP contribution in [0.25, 0.3) is 22.2 Å². The molecule has 3 aromatic heterocycles. The molecule has 9 nitrogen and oxygen atoms in total. The highest BCUT2D eigenvalue weighted by Gasteiger charge is 2.11. The SMILES string of the molecule is NCCCn1nc(-c2ccncc2)c2cnccc21.O=C(O)C=CC(=O)O. The quantitative estimate of drug-likeness (QED) is 0.555. The number of pyridine rings is 2. The molecule has 9 heteroatoms. The number of carboxylic acid groups (broad SMARTS) is 2. The van der Waals surface area contributed by atoms with Crippen LogP contribution in [0.4, 0.5) is 0 Å². The molecule has 0 aliphatic rings. The Kier molecular flexibility index (Phi) is 7.15. The molecule has 27 heavy (non-hydrogen) atoms. The van der Waals surface area contributed by atoms with Gasteiger partial charge in [0, 0.05) is 54.4 Å². The van der Waals surface area contributed by atoms with Crippen molar-refractivity contribution in [2.75, 3.05) is 6.54 Å². The minimum atomic E-state index is -1.26. The van der Waals surface area contributed by atoms with E-state index in [0.29, 0.717) is 18.7 Å². The molecule has 140 valence electrons. The van der Waals surface area contributed by atoms with Crippen molar-refractivity contribution in [3.63, 3.8) is 0 Å². The predicted molar refractivity (Wildman–Crippen MR) is 98.8 cm³/mol. The highest BCUT2D eigenvalue weighted by atomic mass is 16.4. The van der Waals surface area contributed by atoms with Gasteiger partial charge in [-0.2, -0.15) is 5.10 Å². The second-order valence-electron chi connectivity index (χ2n) is 5.35. The number of nitrogens with zero attached hydrogens (tertiary/aromatic N) is 4. The molecule has 0 atom stereocenters. The number of hydrogen-bond donors (Lipinski definition) is 3. The Morgan fingerprint density at radius 1 is 1.04 bits per heavy atom. The third-order valence-corrected chi connectivity index (χ3v) is 3.45. The van der Waals surface area contributed by atoms with Crippen molar-refractivity contribution in [1.29, 1.82) is 0 Å². The summed E-state index contributed by atoms with van der Waals surface area (Å²) in [7, 11) is 0. The molecule has 0 aliphatic carbocycles. The lowest BCUT2D eigenvalue weighted by molar-refractivity contribution is -0.134. The third kappa shape index (κ3) is 5.72. The van der Waals surface area contributed by atoms with Crippen molar-refractivity contribution >= 4 is 22.8 Å². The highest BCUT2D eigenvalue weighted by molar-refractivity contribution is 5.92. The maximum atomic E-state index is 9.55. The van der Waals surface area contributed by atoms with Crippen molar-refractivity contribution in [3.05, 3.63) is 55.1 Å². The lowest BCUT2D eigenvalue weighted by Crippen LogP contribution is -2.06. The van der Waals surface area contributed by atoms with Gasteiger partial charge in [-0.05, 0) is 31.2 Å². The van der Waals surface area contributed by atoms with E-state index in [4.69, 9.17) is 21.0 Å². The average Bonchev–Trinajstić information content (AvgIpc) is 3.05. The zero-order chi connectivity index (χ0) is 19.6. The van der Waals surface area contributed by atoms with Crippen LogP contribution >= 0.6 is 0 Å². The lowest BCUT2D eigenvalue weighted by Gasteiger charge is -2.00. The van der Waals surface area contributed by atoms with E-state index in [0.717, 1.165) is 35.1 Å². The van der Waals surface area contributed by atoms with Crippen molar-refractivity contribution < 1.29 is 19.8 Å². The lowest BCUT2D eigenvalue weighted by atomic mass is 10.1. The molecule has 0 saturated heterocycles. The Bertz CT molecular complexity index is 921. The molecule has 0 fully saturated rings. The normalized spacial score (nSPS) is 10.6. The molecule has 0 saturated carbocycles. The minimum Gasteiger partial charge on any atom is -0.478 e. The number of fused-ring (bicyclic) bond motifs is 1. The van der Waals surface area contributed by atoms with Crippen molar-refractivity contribution in [1.82, 2.24) is 19.7 Å². The third-order valence-electron chi connectivity index (χ3n) is 3.45. The van der Waals surface area contributed by atoms with Gasteiger partial charge in [0.2, 0.25) is 0 Å². The van der Waals surface area contributed by atoms with Gasteiger partial charge in [-0.1, -0.05) is 0 Å². The van der Waals surface area contributed by atoms with E-state index in [-0.39, 0.29) is 0 Å². The molecule has 0 aliphatic heterocycles. The summed E-state index contributed by atoms with van der Waals surface area (Å²) < 4.78 is 2.00. The van der Waals surface area contributed by atoms with Gasteiger partial charge in [0.1, 0.15) is 5.69 Å². The summed E-state index contributed by atoms with van der Waals surface area (Å²) in [6, 6.07) is 5.91. The summed E-state index contributed by atoms with van der Waals surface area (Å²) in [5.41, 5.74) is 8.67. The van der Waals surface area contributed by atoms with Gasteiger partial charge in [0.15, 0.2) is 0 Å². The van der Waals surface area contributed by atoms with Gasteiger partial charge >= 0.3 is 11.9 Å². The zero-order valence-electron chi connectivity index (χ0n) is 14.4. The van der Waals surface area contributed by atoms with E-state index in [1.165, 1.54) is 0 Å². The molecule has 3 rings (SSSR count). The molecule has 0 amide bonds. The number of carboxylic acids is 2. The number of aromatic nitrogens is 4. The summed E-state index contributed by atoms with van der Waals surface area (Å²) in [5.74, 6) is -2.51. The molecular formula is C18H19N5O4. The van der Waals surface area contributed by atoms with Crippen LogP contribution in [-0.4, -0.2) is 48.4 Å². The van der Waals surface area contributed by atoms with Crippen LogP contribution in [0.1, 0.15) is 6.42 Å². The van der Waals surface area contributed by atoms with Crippen LogP contribution in [0.3, 0.4) is 0 Å². The van der Waals surface area contributed by atoms with E-state index in [9.17, 15) is 9.59 Å². The van der Waals surface area contributed by atoms with Crippen LogP contribution < -0.4 is 5.73 Å². The second-order valence-corrected chi connectivity index (χ2v) is 5.35. The molecule has 0 aromatic carbocycles. The Morgan fingerprint density at radius 3 is 2.26 bits per heavy atom. The molecule has 3 heterocycles. The molecular weight excluding hydrogens is 350 g/mol. The number of aliphatic carboxylic acids is 2.